The van der Waals surface area contributed by atoms with E-state index in [1.54, 1.807) is 4.68 Å². The molecule has 0 saturated carbocycles. The van der Waals surface area contributed by atoms with Crippen LogP contribution in [0.1, 0.15) is 68.8 Å². The highest BCUT2D eigenvalue weighted by molar-refractivity contribution is 5.99. The maximum atomic E-state index is 13.3. The van der Waals surface area contributed by atoms with Crippen molar-refractivity contribution in [1.82, 2.24) is 14.7 Å². The van der Waals surface area contributed by atoms with Gasteiger partial charge in [0.25, 0.3) is 0 Å². The molecule has 4 N–H and O–H groups in total. The number of hydrogen-bond donors (Lipinski definition) is 3. The predicted octanol–water partition coefficient (Wildman–Crippen LogP) is 7.26. The normalized spacial score (nSPS) is 19.4. The highest BCUT2D eigenvalue weighted by Crippen LogP contribution is 2.40. The minimum atomic E-state index is -0.313. The van der Waals surface area contributed by atoms with Gasteiger partial charge >= 0.3 is 6.03 Å². The number of piperidine rings is 1. The van der Waals surface area contributed by atoms with E-state index in [0.717, 1.165) is 60.3 Å². The first-order valence-electron chi connectivity index (χ1n) is 16.0. The number of rotatable bonds is 7. The molecule has 1 aromatic heterocycles. The molecule has 2 saturated heterocycles. The Morgan fingerprint density at radius 3 is 2.24 bits per heavy atom. The van der Waals surface area contributed by atoms with E-state index in [9.17, 15) is 9.59 Å². The Labute approximate surface area is 266 Å². The fraction of sp³-hybridized carbons (Fsp3) is 0.378. The molecule has 3 amide bonds. The van der Waals surface area contributed by atoms with Crippen molar-refractivity contribution >= 4 is 29.1 Å². The Hall–Kier alpha value is -4.59. The van der Waals surface area contributed by atoms with Crippen molar-refractivity contribution < 1.29 is 9.59 Å². The molecule has 2 unspecified atom stereocenters. The Kier molecular flexibility index (Phi) is 8.40. The van der Waals surface area contributed by atoms with Crippen LogP contribution in [0.2, 0.25) is 0 Å². The van der Waals surface area contributed by atoms with E-state index in [0.29, 0.717) is 35.9 Å². The zero-order valence-electron chi connectivity index (χ0n) is 26.7. The predicted molar refractivity (Wildman–Crippen MR) is 181 cm³/mol. The van der Waals surface area contributed by atoms with Gasteiger partial charge in [0.05, 0.1) is 17.8 Å². The molecule has 0 aliphatic carbocycles. The monoisotopic (exact) mass is 604 g/mol. The molecule has 4 aromatic rings. The highest BCUT2D eigenvalue weighted by atomic mass is 16.2. The van der Waals surface area contributed by atoms with E-state index in [-0.39, 0.29) is 17.4 Å². The largest absolute Gasteiger partial charge is 0.399 e. The van der Waals surface area contributed by atoms with Crippen LogP contribution in [0.3, 0.4) is 0 Å². The van der Waals surface area contributed by atoms with Crippen LogP contribution in [0.5, 0.6) is 0 Å². The molecule has 0 radical (unpaired) electrons. The number of nitrogens with two attached hydrogens (primary N) is 1. The van der Waals surface area contributed by atoms with E-state index >= 15 is 0 Å². The van der Waals surface area contributed by atoms with Crippen LogP contribution in [-0.2, 0) is 23.1 Å². The number of aryl methyl sites for hydroxylation is 1. The van der Waals surface area contributed by atoms with Gasteiger partial charge in [-0.05, 0) is 92.5 Å². The van der Waals surface area contributed by atoms with Crippen LogP contribution < -0.4 is 16.4 Å². The molecule has 6 rings (SSSR count). The van der Waals surface area contributed by atoms with Gasteiger partial charge in [-0.3, -0.25) is 10.1 Å². The number of fused-ring (bicyclic) bond motifs is 2. The van der Waals surface area contributed by atoms with Crippen molar-refractivity contribution in [2.45, 2.75) is 83.7 Å². The molecule has 2 atom stereocenters. The number of nitrogens with one attached hydrogen (secondary N) is 2. The summed E-state index contributed by atoms with van der Waals surface area (Å²) in [6, 6.07) is 26.1. The molecule has 2 bridgehead atoms. The Morgan fingerprint density at radius 1 is 0.889 bits per heavy atom. The second kappa shape index (κ2) is 12.4. The van der Waals surface area contributed by atoms with Crippen molar-refractivity contribution in [3.05, 3.63) is 101 Å². The average Bonchev–Trinajstić information content (AvgIpc) is 3.53. The van der Waals surface area contributed by atoms with Gasteiger partial charge in [-0.1, -0.05) is 62.7 Å². The Bertz CT molecular complexity index is 1650. The summed E-state index contributed by atoms with van der Waals surface area (Å²) in [5, 5.41) is 10.9. The first-order chi connectivity index (χ1) is 21.5. The molecule has 45 heavy (non-hydrogen) atoms. The van der Waals surface area contributed by atoms with Gasteiger partial charge in [0, 0.05) is 34.9 Å². The van der Waals surface area contributed by atoms with Crippen LogP contribution in [0.4, 0.5) is 22.0 Å². The van der Waals surface area contributed by atoms with E-state index in [2.05, 4.69) is 48.4 Å². The number of carbonyl (C=O) groups excluding carboxylic acids is 2. The van der Waals surface area contributed by atoms with Gasteiger partial charge in [-0.2, -0.15) is 5.10 Å². The minimum absolute atomic E-state index is 0.170. The van der Waals surface area contributed by atoms with Crippen LogP contribution in [-0.4, -0.2) is 38.7 Å². The first-order valence-corrected chi connectivity index (χ1v) is 16.0. The van der Waals surface area contributed by atoms with E-state index in [4.69, 9.17) is 10.8 Å². The average molecular weight is 605 g/mol. The van der Waals surface area contributed by atoms with E-state index < -0.39 is 0 Å². The summed E-state index contributed by atoms with van der Waals surface area (Å²) in [4.78, 5) is 28.6. The number of benzene rings is 3. The van der Waals surface area contributed by atoms with Crippen molar-refractivity contribution in [3.63, 3.8) is 0 Å². The van der Waals surface area contributed by atoms with Crippen LogP contribution in [0.25, 0.3) is 5.69 Å². The van der Waals surface area contributed by atoms with Gasteiger partial charge in [0.15, 0.2) is 0 Å². The maximum Gasteiger partial charge on any atom is 0.324 e. The Morgan fingerprint density at radius 2 is 1.58 bits per heavy atom. The van der Waals surface area contributed by atoms with E-state index in [1.807, 2.05) is 73.7 Å². The van der Waals surface area contributed by atoms with Crippen LogP contribution >= 0.6 is 0 Å². The van der Waals surface area contributed by atoms with Gasteiger partial charge < -0.3 is 16.0 Å². The molecule has 0 spiro atoms. The molecular weight excluding hydrogens is 560 g/mol. The molecule has 8 nitrogen and oxygen atoms in total. The summed E-state index contributed by atoms with van der Waals surface area (Å²) in [7, 11) is 0. The lowest BCUT2D eigenvalue weighted by molar-refractivity contribution is -0.135. The zero-order valence-corrected chi connectivity index (χ0v) is 26.7. The third-order valence-corrected chi connectivity index (χ3v) is 9.16. The molecule has 2 aliphatic heterocycles. The third kappa shape index (κ3) is 7.06. The van der Waals surface area contributed by atoms with Gasteiger partial charge in [0.2, 0.25) is 5.91 Å². The lowest BCUT2D eigenvalue weighted by Gasteiger charge is -2.39. The molecule has 3 heterocycles. The minimum Gasteiger partial charge on any atom is -0.399 e. The first kappa shape index (κ1) is 30.4. The standard InChI is InChI=1S/C37H44N6O2/c1-24-8-14-30(15-9-24)43-34(23-33(41-43)37(2,3)4)40-36(45)39-29-7-5-6-26(19-29)18-27-20-31-16-17-32(21-27)42(31)35(44)22-25-10-12-28(38)13-11-25/h5-15,19,23,27,31-32H,16-18,20-22,38H2,1-4H3,(H2,39,40,45). The lowest BCUT2D eigenvalue weighted by atomic mass is 9.85. The van der Waals surface area contributed by atoms with E-state index in [1.165, 1.54) is 5.56 Å². The number of aromatic nitrogens is 2. The molecular formula is C37H44N6O2. The second-order valence-corrected chi connectivity index (χ2v) is 13.8. The lowest BCUT2D eigenvalue weighted by Crippen LogP contribution is -2.47. The van der Waals surface area contributed by atoms with Gasteiger partial charge in [0.1, 0.15) is 5.82 Å². The van der Waals surface area contributed by atoms with Crippen molar-refractivity contribution in [2.75, 3.05) is 16.4 Å². The fourth-order valence-corrected chi connectivity index (χ4v) is 6.87. The molecule has 2 fully saturated rings. The highest BCUT2D eigenvalue weighted by Gasteiger charge is 2.42. The SMILES string of the molecule is Cc1ccc(-n2nc(C(C)(C)C)cc2NC(=O)Nc2cccc(CC3CC4CCC(C3)N4C(=O)Cc3ccc(N)cc3)c2)cc1. The molecule has 8 heteroatoms. The summed E-state index contributed by atoms with van der Waals surface area (Å²) in [5.74, 6) is 1.35. The van der Waals surface area contributed by atoms with Crippen LogP contribution in [0, 0.1) is 12.8 Å². The summed E-state index contributed by atoms with van der Waals surface area (Å²) in [6.07, 6.45) is 5.54. The Balaban J connectivity index is 1.08. The summed E-state index contributed by atoms with van der Waals surface area (Å²) in [5.41, 5.74) is 12.3. The molecule has 3 aromatic carbocycles. The number of hydrogen-bond acceptors (Lipinski definition) is 4. The number of carbonyl (C=O) groups is 2. The summed E-state index contributed by atoms with van der Waals surface area (Å²) >= 11 is 0. The zero-order chi connectivity index (χ0) is 31.7. The van der Waals surface area contributed by atoms with Crippen molar-refractivity contribution in [1.29, 1.82) is 0 Å². The number of amides is 3. The van der Waals surface area contributed by atoms with Crippen molar-refractivity contribution in [3.8, 4) is 5.69 Å². The van der Waals surface area contributed by atoms with Gasteiger partial charge in [-0.15, -0.1) is 0 Å². The number of urea groups is 1. The summed E-state index contributed by atoms with van der Waals surface area (Å²) < 4.78 is 1.79. The fourth-order valence-electron chi connectivity index (χ4n) is 6.87. The molecule has 234 valence electrons. The third-order valence-electron chi connectivity index (χ3n) is 9.16. The van der Waals surface area contributed by atoms with Gasteiger partial charge in [-0.25, -0.2) is 9.48 Å². The second-order valence-electron chi connectivity index (χ2n) is 13.8. The topological polar surface area (TPSA) is 105 Å². The van der Waals surface area contributed by atoms with Crippen molar-refractivity contribution in [2.24, 2.45) is 5.92 Å². The number of anilines is 3. The quantitative estimate of drug-likeness (QED) is 0.193. The summed E-state index contributed by atoms with van der Waals surface area (Å²) in [6.45, 7) is 8.38. The molecule has 2 aliphatic rings. The maximum absolute atomic E-state index is 13.3. The number of nitrogen functional groups attached to an aromatic ring is 1. The number of nitrogens with zero attached hydrogens (tertiary/aromatic N) is 3. The smallest absolute Gasteiger partial charge is 0.324 e. The van der Waals surface area contributed by atoms with Crippen LogP contribution in [0.15, 0.2) is 78.9 Å².